The predicted molar refractivity (Wildman–Crippen MR) is 124 cm³/mol. The number of nitrogens with zero attached hydrogens (tertiary/aromatic N) is 2. The minimum Gasteiger partial charge on any atom is -0.388 e. The van der Waals surface area contributed by atoms with Crippen LogP contribution in [0.4, 0.5) is 4.79 Å². The molecule has 0 radical (unpaired) electrons. The molecule has 1 aliphatic heterocycles. The first-order valence-corrected chi connectivity index (χ1v) is 12.0. The van der Waals surface area contributed by atoms with Crippen molar-refractivity contribution < 1.29 is 9.90 Å². The van der Waals surface area contributed by atoms with E-state index in [1.54, 1.807) is 6.20 Å². The van der Waals surface area contributed by atoms with E-state index in [-0.39, 0.29) is 11.4 Å². The molecule has 31 heavy (non-hydrogen) atoms. The minimum atomic E-state index is -0.677. The number of hydrogen-bond acceptors (Lipinski definition) is 3. The number of hydrogen-bond donors (Lipinski definition) is 3. The summed E-state index contributed by atoms with van der Waals surface area (Å²) >= 11 is 6.30. The van der Waals surface area contributed by atoms with Crippen LogP contribution in [0.1, 0.15) is 71.0 Å². The van der Waals surface area contributed by atoms with Crippen molar-refractivity contribution in [1.82, 2.24) is 20.4 Å². The van der Waals surface area contributed by atoms with E-state index in [9.17, 15) is 9.90 Å². The van der Waals surface area contributed by atoms with E-state index in [0.717, 1.165) is 61.2 Å². The molecule has 2 aromatic rings. The lowest BCUT2D eigenvalue weighted by atomic mass is 9.68. The number of halogens is 1. The van der Waals surface area contributed by atoms with Gasteiger partial charge in [-0.3, -0.25) is 5.10 Å². The second-order valence-corrected chi connectivity index (χ2v) is 10.7. The van der Waals surface area contributed by atoms with Gasteiger partial charge in [-0.05, 0) is 67.9 Å². The van der Waals surface area contributed by atoms with E-state index in [0.29, 0.717) is 17.0 Å². The fourth-order valence-electron chi connectivity index (χ4n) is 5.38. The molecule has 2 aliphatic rings. The van der Waals surface area contributed by atoms with Crippen molar-refractivity contribution in [1.29, 1.82) is 0 Å². The Morgan fingerprint density at radius 2 is 1.90 bits per heavy atom. The highest BCUT2D eigenvalue weighted by atomic mass is 35.5. The fraction of sp³-hybridized carbons (Fsp3) is 0.667. The van der Waals surface area contributed by atoms with Gasteiger partial charge in [-0.1, -0.05) is 32.4 Å². The largest absolute Gasteiger partial charge is 0.388 e. The summed E-state index contributed by atoms with van der Waals surface area (Å²) in [4.78, 5) is 14.7. The number of aliphatic hydroxyl groups excluding tert-OH is 1. The number of amides is 2. The molecule has 2 amide bonds. The van der Waals surface area contributed by atoms with Crippen LogP contribution in [0, 0.1) is 17.3 Å². The summed E-state index contributed by atoms with van der Waals surface area (Å²) in [6.07, 6.45) is 7.39. The number of rotatable bonds is 4. The Morgan fingerprint density at radius 1 is 1.23 bits per heavy atom. The van der Waals surface area contributed by atoms with E-state index < -0.39 is 6.10 Å². The maximum atomic E-state index is 12.8. The molecule has 1 unspecified atom stereocenters. The first kappa shape index (κ1) is 22.4. The number of aromatic amines is 1. The molecule has 1 saturated carbocycles. The van der Waals surface area contributed by atoms with Crippen molar-refractivity contribution >= 4 is 28.5 Å². The summed E-state index contributed by atoms with van der Waals surface area (Å²) in [6.45, 7) is 7.98. The predicted octanol–water partition coefficient (Wildman–Crippen LogP) is 5.28. The van der Waals surface area contributed by atoms with Gasteiger partial charge in [0.1, 0.15) is 0 Å². The van der Waals surface area contributed by atoms with Gasteiger partial charge in [-0.25, -0.2) is 4.79 Å². The zero-order valence-electron chi connectivity index (χ0n) is 18.8. The number of likely N-dealkylation sites (tertiary alicyclic amines) is 1. The molecular formula is C24H35ClN4O2. The topological polar surface area (TPSA) is 81.2 Å². The summed E-state index contributed by atoms with van der Waals surface area (Å²) in [5.74, 6) is 1.08. The Bertz CT molecular complexity index is 911. The van der Waals surface area contributed by atoms with Crippen LogP contribution in [0.2, 0.25) is 5.02 Å². The number of nitrogens with one attached hydrogen (secondary N) is 2. The van der Waals surface area contributed by atoms with Crippen LogP contribution >= 0.6 is 11.6 Å². The van der Waals surface area contributed by atoms with E-state index >= 15 is 0 Å². The highest BCUT2D eigenvalue weighted by Gasteiger charge is 2.40. The summed E-state index contributed by atoms with van der Waals surface area (Å²) in [5, 5.41) is 23.2. The highest BCUT2D eigenvalue weighted by molar-refractivity contribution is 6.31. The molecule has 0 bridgehead atoms. The SMILES string of the molecule is CC(C)(C1CCN(C(=O)N[C@H]2CC[C@H](C)CC2)CC1)C(O)c1cc(Cl)cc2cn[nH]c12. The molecule has 2 heterocycles. The number of fused-ring (bicyclic) bond motifs is 1. The molecule has 2 fully saturated rings. The van der Waals surface area contributed by atoms with Gasteiger partial charge >= 0.3 is 6.03 Å². The van der Waals surface area contributed by atoms with Gasteiger partial charge in [0.25, 0.3) is 0 Å². The van der Waals surface area contributed by atoms with Crippen LogP contribution in [0.3, 0.4) is 0 Å². The molecule has 0 spiro atoms. The third kappa shape index (κ3) is 4.70. The molecule has 1 aliphatic carbocycles. The van der Waals surface area contributed by atoms with Crippen molar-refractivity contribution in [2.24, 2.45) is 17.3 Å². The zero-order valence-corrected chi connectivity index (χ0v) is 19.6. The van der Waals surface area contributed by atoms with Gasteiger partial charge in [-0.2, -0.15) is 5.10 Å². The molecule has 6 nitrogen and oxygen atoms in total. The highest BCUT2D eigenvalue weighted by Crippen LogP contribution is 2.46. The molecule has 4 rings (SSSR count). The van der Waals surface area contributed by atoms with Crippen LogP contribution in [0.15, 0.2) is 18.3 Å². The van der Waals surface area contributed by atoms with Gasteiger partial charge < -0.3 is 15.3 Å². The molecule has 1 saturated heterocycles. The number of carbonyl (C=O) groups is 1. The molecule has 3 N–H and O–H groups in total. The second kappa shape index (κ2) is 8.99. The van der Waals surface area contributed by atoms with E-state index in [2.05, 4.69) is 36.3 Å². The van der Waals surface area contributed by atoms with Crippen LogP contribution in [-0.4, -0.2) is 45.4 Å². The first-order chi connectivity index (χ1) is 14.8. The Labute approximate surface area is 189 Å². The standard InChI is InChI=1S/C24H35ClN4O2/c1-15-4-6-19(7-5-15)27-23(31)29-10-8-17(9-11-29)24(2,3)22(30)20-13-18(25)12-16-14-26-28-21(16)20/h12-15,17,19,22,30H,4-11H2,1-3H3,(H,26,28)(H,27,31)/t15-,19-,22?. The third-order valence-electron chi connectivity index (χ3n) is 7.72. The molecule has 170 valence electrons. The average Bonchev–Trinajstić information content (AvgIpc) is 3.22. The summed E-state index contributed by atoms with van der Waals surface area (Å²) in [5.41, 5.74) is 1.27. The molecular weight excluding hydrogens is 412 g/mol. The van der Waals surface area contributed by atoms with Crippen LogP contribution in [0.25, 0.3) is 10.9 Å². The number of piperidine rings is 1. The van der Waals surface area contributed by atoms with E-state index in [4.69, 9.17) is 11.6 Å². The maximum absolute atomic E-state index is 12.8. The Morgan fingerprint density at radius 3 is 2.58 bits per heavy atom. The summed E-state index contributed by atoms with van der Waals surface area (Å²) in [7, 11) is 0. The molecule has 1 aromatic carbocycles. The Hall–Kier alpha value is -1.79. The Balaban J connectivity index is 1.38. The maximum Gasteiger partial charge on any atom is 0.317 e. The van der Waals surface area contributed by atoms with Crippen LogP contribution < -0.4 is 5.32 Å². The number of aromatic nitrogens is 2. The second-order valence-electron chi connectivity index (χ2n) is 10.2. The zero-order chi connectivity index (χ0) is 22.2. The lowest BCUT2D eigenvalue weighted by molar-refractivity contribution is -0.0145. The van der Waals surface area contributed by atoms with E-state index in [1.807, 2.05) is 17.0 Å². The van der Waals surface area contributed by atoms with E-state index in [1.165, 1.54) is 12.8 Å². The van der Waals surface area contributed by atoms with Gasteiger partial charge in [0.2, 0.25) is 0 Å². The number of urea groups is 1. The lowest BCUT2D eigenvalue weighted by Crippen LogP contribution is -2.50. The lowest BCUT2D eigenvalue weighted by Gasteiger charge is -2.43. The number of carbonyl (C=O) groups excluding carboxylic acids is 1. The van der Waals surface area contributed by atoms with Crippen molar-refractivity contribution in [2.45, 2.75) is 71.4 Å². The average molecular weight is 447 g/mol. The quantitative estimate of drug-likeness (QED) is 0.597. The normalized spacial score (nSPS) is 24.4. The summed E-state index contributed by atoms with van der Waals surface area (Å²) in [6, 6.07) is 4.08. The third-order valence-corrected chi connectivity index (χ3v) is 7.94. The number of benzene rings is 1. The van der Waals surface area contributed by atoms with Gasteiger partial charge in [0, 0.05) is 35.1 Å². The van der Waals surface area contributed by atoms with Crippen molar-refractivity contribution in [3.63, 3.8) is 0 Å². The van der Waals surface area contributed by atoms with Crippen molar-refractivity contribution in [3.8, 4) is 0 Å². The summed E-state index contributed by atoms with van der Waals surface area (Å²) < 4.78 is 0. The van der Waals surface area contributed by atoms with Gasteiger partial charge in [-0.15, -0.1) is 0 Å². The van der Waals surface area contributed by atoms with Crippen molar-refractivity contribution in [3.05, 3.63) is 28.9 Å². The van der Waals surface area contributed by atoms with Gasteiger partial charge in [0.15, 0.2) is 0 Å². The molecule has 1 atom stereocenters. The van der Waals surface area contributed by atoms with Gasteiger partial charge in [0.05, 0.1) is 17.8 Å². The van der Waals surface area contributed by atoms with Crippen molar-refractivity contribution in [2.75, 3.05) is 13.1 Å². The fourth-order valence-corrected chi connectivity index (χ4v) is 5.62. The van der Waals surface area contributed by atoms with Crippen LogP contribution in [0.5, 0.6) is 0 Å². The Kier molecular flexibility index (Phi) is 6.50. The van der Waals surface area contributed by atoms with Crippen LogP contribution in [-0.2, 0) is 0 Å². The minimum absolute atomic E-state index is 0.0744. The number of H-pyrrole nitrogens is 1. The smallest absolute Gasteiger partial charge is 0.317 e. The molecule has 1 aromatic heterocycles. The first-order valence-electron chi connectivity index (χ1n) is 11.6. The monoisotopic (exact) mass is 446 g/mol. The molecule has 7 heteroatoms. The number of aliphatic hydroxyl groups is 1.